The Morgan fingerprint density at radius 2 is 1.68 bits per heavy atom. The molecule has 2 rings (SSSR count). The Balaban J connectivity index is 2.39. The van der Waals surface area contributed by atoms with Gasteiger partial charge in [-0.05, 0) is 12.3 Å². The number of carboxylic acids is 1. The maximum absolute atomic E-state index is 12.1. The van der Waals surface area contributed by atoms with Crippen LogP contribution in [0, 0.1) is 5.92 Å². The summed E-state index contributed by atoms with van der Waals surface area (Å²) in [5.41, 5.74) is -0.162. The number of rotatable bonds is 4. The fraction of sp³-hybridized carbons (Fsp3) is 0.417. The number of amides is 2. The van der Waals surface area contributed by atoms with E-state index in [-0.39, 0.29) is 23.7 Å². The van der Waals surface area contributed by atoms with Gasteiger partial charge in [0, 0.05) is 12.4 Å². The Morgan fingerprint density at radius 1 is 1.21 bits per heavy atom. The number of imide groups is 1. The van der Waals surface area contributed by atoms with E-state index in [2.05, 4.69) is 9.97 Å². The molecule has 0 unspecified atom stereocenters. The number of nitrogens with zero attached hydrogens (tertiary/aromatic N) is 3. The molecule has 0 bridgehead atoms. The molecule has 1 aromatic rings. The summed E-state index contributed by atoms with van der Waals surface area (Å²) in [5, 5.41) is 9.21. The van der Waals surface area contributed by atoms with Gasteiger partial charge in [-0.15, -0.1) is 0 Å². The van der Waals surface area contributed by atoms with Crippen LogP contribution in [0.3, 0.4) is 0 Å². The van der Waals surface area contributed by atoms with E-state index in [1.54, 1.807) is 0 Å². The van der Waals surface area contributed by atoms with Gasteiger partial charge in [0.25, 0.3) is 11.8 Å². The van der Waals surface area contributed by atoms with E-state index in [4.69, 9.17) is 0 Å². The molecule has 0 saturated heterocycles. The smallest absolute Gasteiger partial charge is 0.326 e. The minimum atomic E-state index is -1.21. The number of fused-ring (bicyclic) bond motifs is 1. The molecule has 1 N–H and O–H groups in total. The standard InChI is InChI=1S/C12H13N3O4/c1-6(2)5-7(12(18)19)15-10(16)8-9(11(15)17)14-4-3-13-8/h3-4,6-7H,5H2,1-2H3,(H,18,19)/t7-/m1/s1. The lowest BCUT2D eigenvalue weighted by Gasteiger charge is -2.23. The molecule has 1 atom stereocenters. The monoisotopic (exact) mass is 263 g/mol. The highest BCUT2D eigenvalue weighted by molar-refractivity contribution is 6.20. The Labute approximate surface area is 109 Å². The summed E-state index contributed by atoms with van der Waals surface area (Å²) >= 11 is 0. The third kappa shape index (κ3) is 2.18. The average Bonchev–Trinajstić information content (AvgIpc) is 2.60. The van der Waals surface area contributed by atoms with Crippen LogP contribution in [0.1, 0.15) is 41.2 Å². The van der Waals surface area contributed by atoms with Gasteiger partial charge in [0.05, 0.1) is 0 Å². The van der Waals surface area contributed by atoms with Crippen LogP contribution in [0.25, 0.3) is 0 Å². The molecule has 0 saturated carbocycles. The van der Waals surface area contributed by atoms with Crippen LogP contribution in [0.15, 0.2) is 12.4 Å². The number of aromatic nitrogens is 2. The second-order valence-electron chi connectivity index (χ2n) is 4.72. The SMILES string of the molecule is CC(C)C[C@H](C(=O)O)N1C(=O)c2nccnc2C1=O. The van der Waals surface area contributed by atoms with E-state index in [0.29, 0.717) is 0 Å². The minimum absolute atomic E-state index is 0.0336. The molecule has 19 heavy (non-hydrogen) atoms. The quantitative estimate of drug-likeness (QED) is 0.797. The van der Waals surface area contributed by atoms with Crippen LogP contribution in [0.2, 0.25) is 0 Å². The fourth-order valence-electron chi connectivity index (χ4n) is 2.02. The maximum Gasteiger partial charge on any atom is 0.326 e. The molecule has 1 aromatic heterocycles. The molecular weight excluding hydrogens is 250 g/mol. The Morgan fingerprint density at radius 3 is 2.05 bits per heavy atom. The van der Waals surface area contributed by atoms with Gasteiger partial charge in [-0.2, -0.15) is 0 Å². The lowest BCUT2D eigenvalue weighted by Crippen LogP contribution is -2.45. The third-order valence-electron chi connectivity index (χ3n) is 2.83. The zero-order chi connectivity index (χ0) is 14.2. The summed E-state index contributed by atoms with van der Waals surface area (Å²) in [6.07, 6.45) is 2.79. The van der Waals surface area contributed by atoms with Crippen molar-refractivity contribution in [3.8, 4) is 0 Å². The molecule has 0 aromatic carbocycles. The fourth-order valence-corrected chi connectivity index (χ4v) is 2.02. The number of aliphatic carboxylic acids is 1. The topological polar surface area (TPSA) is 100 Å². The Kier molecular flexibility index (Phi) is 3.28. The van der Waals surface area contributed by atoms with Gasteiger partial charge >= 0.3 is 5.97 Å². The number of hydrogen-bond acceptors (Lipinski definition) is 5. The van der Waals surface area contributed by atoms with E-state index in [1.165, 1.54) is 12.4 Å². The van der Waals surface area contributed by atoms with Crippen LogP contribution in [0.5, 0.6) is 0 Å². The van der Waals surface area contributed by atoms with Crippen molar-refractivity contribution < 1.29 is 19.5 Å². The van der Waals surface area contributed by atoms with Crippen molar-refractivity contribution in [2.24, 2.45) is 5.92 Å². The molecule has 0 radical (unpaired) electrons. The molecule has 2 heterocycles. The van der Waals surface area contributed by atoms with Gasteiger partial charge in [0.15, 0.2) is 11.4 Å². The van der Waals surface area contributed by atoms with Gasteiger partial charge in [0.2, 0.25) is 0 Å². The van der Waals surface area contributed by atoms with Crippen molar-refractivity contribution in [2.75, 3.05) is 0 Å². The lowest BCUT2D eigenvalue weighted by atomic mass is 10.0. The van der Waals surface area contributed by atoms with Crippen molar-refractivity contribution in [2.45, 2.75) is 26.3 Å². The van der Waals surface area contributed by atoms with Gasteiger partial charge in [-0.25, -0.2) is 14.8 Å². The highest BCUT2D eigenvalue weighted by Gasteiger charge is 2.44. The number of carbonyl (C=O) groups is 3. The second-order valence-corrected chi connectivity index (χ2v) is 4.72. The van der Waals surface area contributed by atoms with Gasteiger partial charge in [-0.3, -0.25) is 14.5 Å². The molecule has 100 valence electrons. The van der Waals surface area contributed by atoms with E-state index >= 15 is 0 Å². The van der Waals surface area contributed by atoms with Crippen molar-refractivity contribution in [1.29, 1.82) is 0 Å². The average molecular weight is 263 g/mol. The van der Waals surface area contributed by atoms with Gasteiger partial charge in [0.1, 0.15) is 6.04 Å². The zero-order valence-electron chi connectivity index (χ0n) is 10.5. The van der Waals surface area contributed by atoms with Crippen molar-refractivity contribution >= 4 is 17.8 Å². The molecule has 0 aliphatic carbocycles. The second kappa shape index (κ2) is 4.75. The molecule has 1 aliphatic rings. The third-order valence-corrected chi connectivity index (χ3v) is 2.83. The van der Waals surface area contributed by atoms with Gasteiger partial charge < -0.3 is 5.11 Å². The first-order valence-electron chi connectivity index (χ1n) is 5.85. The molecule has 1 aliphatic heterocycles. The van der Waals surface area contributed by atoms with Crippen LogP contribution in [0.4, 0.5) is 0 Å². The Hall–Kier alpha value is -2.31. The van der Waals surface area contributed by atoms with Crippen molar-refractivity contribution in [1.82, 2.24) is 14.9 Å². The predicted octanol–water partition coefficient (Wildman–Crippen LogP) is 0.572. The summed E-state index contributed by atoms with van der Waals surface area (Å²) in [5.74, 6) is -2.56. The highest BCUT2D eigenvalue weighted by Crippen LogP contribution is 2.24. The lowest BCUT2D eigenvalue weighted by molar-refractivity contribution is -0.142. The number of carboxylic acid groups (broad SMARTS) is 1. The first kappa shape index (κ1) is 13.1. The van der Waals surface area contributed by atoms with Crippen molar-refractivity contribution in [3.63, 3.8) is 0 Å². The summed E-state index contributed by atoms with van der Waals surface area (Å²) in [6.45, 7) is 3.65. The Bertz CT molecular complexity index is 521. The van der Waals surface area contributed by atoms with Crippen LogP contribution >= 0.6 is 0 Å². The molecule has 2 amide bonds. The van der Waals surface area contributed by atoms with Crippen molar-refractivity contribution in [3.05, 3.63) is 23.8 Å². The summed E-state index contributed by atoms with van der Waals surface area (Å²) in [6, 6.07) is -1.18. The minimum Gasteiger partial charge on any atom is -0.480 e. The normalized spacial score (nSPS) is 15.8. The largest absolute Gasteiger partial charge is 0.480 e. The van der Waals surface area contributed by atoms with Gasteiger partial charge in [-0.1, -0.05) is 13.8 Å². The van der Waals surface area contributed by atoms with Crippen LogP contribution in [-0.2, 0) is 4.79 Å². The maximum atomic E-state index is 12.1. The molecular formula is C12H13N3O4. The predicted molar refractivity (Wildman–Crippen MR) is 63.4 cm³/mol. The van der Waals surface area contributed by atoms with E-state index in [1.807, 2.05) is 13.8 Å². The van der Waals surface area contributed by atoms with Crippen LogP contribution in [-0.4, -0.2) is 43.8 Å². The number of carbonyl (C=O) groups excluding carboxylic acids is 2. The van der Waals surface area contributed by atoms with E-state index in [0.717, 1.165) is 4.90 Å². The number of hydrogen-bond donors (Lipinski definition) is 1. The molecule has 0 fully saturated rings. The first-order valence-corrected chi connectivity index (χ1v) is 5.85. The summed E-state index contributed by atoms with van der Waals surface area (Å²) in [7, 11) is 0. The molecule has 0 spiro atoms. The molecule has 7 nitrogen and oxygen atoms in total. The van der Waals surface area contributed by atoms with E-state index in [9.17, 15) is 19.5 Å². The first-order chi connectivity index (χ1) is 8.93. The highest BCUT2D eigenvalue weighted by atomic mass is 16.4. The van der Waals surface area contributed by atoms with Crippen LogP contribution < -0.4 is 0 Å². The van der Waals surface area contributed by atoms with E-state index < -0.39 is 23.8 Å². The summed E-state index contributed by atoms with van der Waals surface area (Å²) < 4.78 is 0. The summed E-state index contributed by atoms with van der Waals surface area (Å²) in [4.78, 5) is 43.8. The molecule has 7 heteroatoms. The zero-order valence-corrected chi connectivity index (χ0v) is 10.5.